The Bertz CT molecular complexity index is 575. The maximum atomic E-state index is 12.8. The summed E-state index contributed by atoms with van der Waals surface area (Å²) in [7, 11) is -3.13. The van der Waals surface area contributed by atoms with Crippen molar-refractivity contribution in [1.29, 1.82) is 0 Å². The summed E-state index contributed by atoms with van der Waals surface area (Å²) in [5.74, 6) is 1.15. The Morgan fingerprint density at radius 3 is 2.62 bits per heavy atom. The van der Waals surface area contributed by atoms with Crippen LogP contribution in [0.2, 0.25) is 0 Å². The van der Waals surface area contributed by atoms with Gasteiger partial charge in [0.15, 0.2) is 0 Å². The van der Waals surface area contributed by atoms with E-state index in [1.807, 2.05) is 13.1 Å². The second-order valence-electron chi connectivity index (χ2n) is 6.45. The summed E-state index contributed by atoms with van der Waals surface area (Å²) in [6.07, 6.45) is 8.73. The van der Waals surface area contributed by atoms with Gasteiger partial charge in [0, 0.05) is 30.9 Å². The van der Waals surface area contributed by atoms with Crippen molar-refractivity contribution in [3.63, 3.8) is 0 Å². The second-order valence-corrected chi connectivity index (χ2v) is 8.67. The van der Waals surface area contributed by atoms with Crippen LogP contribution in [0.25, 0.3) is 0 Å². The molecule has 6 heteroatoms. The number of aromatic nitrogens is 2. The molecule has 0 spiro atoms. The molecule has 2 fully saturated rings. The first-order chi connectivity index (χ1) is 10.1. The van der Waals surface area contributed by atoms with Crippen LogP contribution in [0.15, 0.2) is 6.20 Å². The molecule has 0 bridgehead atoms. The molecule has 5 nitrogen and oxygen atoms in total. The summed E-state index contributed by atoms with van der Waals surface area (Å²) in [6, 6.07) is 0. The molecule has 1 saturated heterocycles. The third-order valence-corrected chi connectivity index (χ3v) is 7.19. The fourth-order valence-corrected chi connectivity index (χ4v) is 5.73. The zero-order valence-corrected chi connectivity index (χ0v) is 13.5. The molecule has 0 unspecified atom stereocenters. The van der Waals surface area contributed by atoms with Crippen LogP contribution in [0.1, 0.15) is 62.4 Å². The van der Waals surface area contributed by atoms with E-state index in [0.717, 1.165) is 50.0 Å². The van der Waals surface area contributed by atoms with Gasteiger partial charge in [0.25, 0.3) is 0 Å². The Morgan fingerprint density at radius 1 is 1.19 bits per heavy atom. The van der Waals surface area contributed by atoms with Gasteiger partial charge >= 0.3 is 0 Å². The summed E-state index contributed by atoms with van der Waals surface area (Å²) in [5.41, 5.74) is 1.04. The number of rotatable bonds is 3. The quantitative estimate of drug-likeness (QED) is 0.933. The predicted molar refractivity (Wildman–Crippen MR) is 82.7 cm³/mol. The number of aryl methyl sites for hydroxylation is 1. The van der Waals surface area contributed by atoms with Crippen molar-refractivity contribution in [1.82, 2.24) is 14.3 Å². The molecule has 1 aliphatic carbocycles. The molecular weight excluding hydrogens is 286 g/mol. The van der Waals surface area contributed by atoms with Crippen LogP contribution in [0.3, 0.4) is 0 Å². The third-order valence-electron chi connectivity index (χ3n) is 4.83. The van der Waals surface area contributed by atoms with Crippen molar-refractivity contribution in [3.05, 3.63) is 17.7 Å². The van der Waals surface area contributed by atoms with Gasteiger partial charge in [-0.3, -0.25) is 0 Å². The molecule has 2 aliphatic rings. The number of imidazole rings is 1. The molecule has 0 aromatic carbocycles. The monoisotopic (exact) mass is 311 g/mol. The number of nitrogens with zero attached hydrogens (tertiary/aromatic N) is 2. The molecule has 3 rings (SSSR count). The third kappa shape index (κ3) is 3.16. The van der Waals surface area contributed by atoms with Crippen molar-refractivity contribution in [3.8, 4) is 0 Å². The number of H-pyrrole nitrogens is 1. The molecule has 1 atom stereocenters. The summed E-state index contributed by atoms with van der Waals surface area (Å²) < 4.78 is 27.4. The highest BCUT2D eigenvalue weighted by Crippen LogP contribution is 2.31. The first-order valence-corrected chi connectivity index (χ1v) is 9.58. The Kier molecular flexibility index (Phi) is 4.36. The summed E-state index contributed by atoms with van der Waals surface area (Å²) in [6.45, 7) is 3.25. The number of hydrogen-bond donors (Lipinski definition) is 1. The minimum absolute atomic E-state index is 0.150. The van der Waals surface area contributed by atoms with Crippen molar-refractivity contribution < 1.29 is 8.42 Å². The lowest BCUT2D eigenvalue weighted by Gasteiger charge is -2.34. The van der Waals surface area contributed by atoms with Crippen molar-refractivity contribution in [2.75, 3.05) is 13.1 Å². The van der Waals surface area contributed by atoms with Crippen LogP contribution in [-0.4, -0.2) is 41.0 Å². The first kappa shape index (κ1) is 15.0. The van der Waals surface area contributed by atoms with E-state index >= 15 is 0 Å². The van der Waals surface area contributed by atoms with Crippen LogP contribution in [-0.2, 0) is 10.0 Å². The highest BCUT2D eigenvalue weighted by atomic mass is 32.2. The normalized spacial score (nSPS) is 26.0. The number of sulfonamides is 1. The summed E-state index contributed by atoms with van der Waals surface area (Å²) in [4.78, 5) is 7.66. The van der Waals surface area contributed by atoms with Gasteiger partial charge in [0.1, 0.15) is 5.82 Å². The van der Waals surface area contributed by atoms with Crippen molar-refractivity contribution in [2.45, 2.75) is 63.0 Å². The van der Waals surface area contributed by atoms with Crippen LogP contribution >= 0.6 is 0 Å². The molecule has 0 amide bonds. The van der Waals surface area contributed by atoms with Crippen molar-refractivity contribution >= 4 is 10.0 Å². The van der Waals surface area contributed by atoms with E-state index in [1.165, 1.54) is 6.42 Å². The van der Waals surface area contributed by atoms with Gasteiger partial charge < -0.3 is 4.98 Å². The van der Waals surface area contributed by atoms with Gasteiger partial charge in [0.05, 0.1) is 5.25 Å². The van der Waals surface area contributed by atoms with E-state index in [-0.39, 0.29) is 11.2 Å². The number of hydrogen-bond acceptors (Lipinski definition) is 3. The predicted octanol–water partition coefficient (Wildman–Crippen LogP) is 2.56. The minimum atomic E-state index is -3.13. The van der Waals surface area contributed by atoms with Gasteiger partial charge in [-0.15, -0.1) is 0 Å². The molecule has 118 valence electrons. The van der Waals surface area contributed by atoms with Gasteiger partial charge in [-0.25, -0.2) is 17.7 Å². The smallest absolute Gasteiger partial charge is 0.217 e. The number of piperidine rings is 1. The van der Waals surface area contributed by atoms with Crippen LogP contribution in [0, 0.1) is 6.92 Å². The topological polar surface area (TPSA) is 66.1 Å². The van der Waals surface area contributed by atoms with E-state index in [2.05, 4.69) is 9.97 Å². The minimum Gasteiger partial charge on any atom is -0.346 e. The Hall–Kier alpha value is -0.880. The average Bonchev–Trinajstić information content (AvgIpc) is 2.95. The van der Waals surface area contributed by atoms with E-state index in [0.29, 0.717) is 13.1 Å². The standard InChI is InChI=1S/C15H25N3O2S/c1-12-10-16-15(17-12)13-6-5-9-18(11-13)21(19,20)14-7-3-2-4-8-14/h10,13-14H,2-9,11H2,1H3,(H,16,17)/t13-/m1/s1. The fraction of sp³-hybridized carbons (Fsp3) is 0.800. The first-order valence-electron chi connectivity index (χ1n) is 8.08. The highest BCUT2D eigenvalue weighted by Gasteiger charge is 2.36. The lowest BCUT2D eigenvalue weighted by Crippen LogP contribution is -2.44. The molecule has 2 heterocycles. The molecule has 0 radical (unpaired) electrons. The molecule has 1 saturated carbocycles. The largest absolute Gasteiger partial charge is 0.346 e. The Morgan fingerprint density at radius 2 is 1.95 bits per heavy atom. The maximum Gasteiger partial charge on any atom is 0.217 e. The zero-order chi connectivity index (χ0) is 14.9. The van der Waals surface area contributed by atoms with Crippen molar-refractivity contribution in [2.24, 2.45) is 0 Å². The molecule has 1 aliphatic heterocycles. The number of nitrogens with one attached hydrogen (secondary N) is 1. The SMILES string of the molecule is Cc1cnc([C@@H]2CCCN(S(=O)(=O)C3CCCCC3)C2)[nH]1. The van der Waals surface area contributed by atoms with Gasteiger partial charge in [-0.05, 0) is 32.6 Å². The van der Waals surface area contributed by atoms with E-state index in [1.54, 1.807) is 4.31 Å². The van der Waals surface area contributed by atoms with Gasteiger partial charge in [-0.1, -0.05) is 19.3 Å². The lowest BCUT2D eigenvalue weighted by molar-refractivity contribution is 0.302. The van der Waals surface area contributed by atoms with Gasteiger partial charge in [0.2, 0.25) is 10.0 Å². The molecule has 21 heavy (non-hydrogen) atoms. The average molecular weight is 311 g/mol. The maximum absolute atomic E-state index is 12.8. The van der Waals surface area contributed by atoms with Crippen LogP contribution in [0.5, 0.6) is 0 Å². The van der Waals surface area contributed by atoms with E-state index in [9.17, 15) is 8.42 Å². The van der Waals surface area contributed by atoms with Crippen LogP contribution < -0.4 is 0 Å². The molecule has 1 aromatic heterocycles. The van der Waals surface area contributed by atoms with E-state index in [4.69, 9.17) is 0 Å². The summed E-state index contributed by atoms with van der Waals surface area (Å²) >= 11 is 0. The van der Waals surface area contributed by atoms with Gasteiger partial charge in [-0.2, -0.15) is 0 Å². The second kappa shape index (κ2) is 6.08. The highest BCUT2D eigenvalue weighted by molar-refractivity contribution is 7.89. The molecular formula is C15H25N3O2S. The Balaban J connectivity index is 1.73. The van der Waals surface area contributed by atoms with Crippen LogP contribution in [0.4, 0.5) is 0 Å². The summed E-state index contributed by atoms with van der Waals surface area (Å²) in [5, 5.41) is -0.150. The molecule has 1 aromatic rings. The number of aromatic amines is 1. The zero-order valence-electron chi connectivity index (χ0n) is 12.7. The molecule has 1 N–H and O–H groups in total. The fourth-order valence-electron chi connectivity index (χ4n) is 3.61. The lowest BCUT2D eigenvalue weighted by atomic mass is 9.99. The Labute approximate surface area is 127 Å². The van der Waals surface area contributed by atoms with E-state index < -0.39 is 10.0 Å².